The Morgan fingerprint density at radius 2 is 2.12 bits per heavy atom. The Morgan fingerprint density at radius 3 is 2.75 bits per heavy atom. The minimum absolute atomic E-state index is 0.375. The van der Waals surface area contributed by atoms with Crippen LogP contribution in [0.4, 0.5) is 0 Å². The quantitative estimate of drug-likeness (QED) is 0.474. The summed E-state index contributed by atoms with van der Waals surface area (Å²) in [5.41, 5.74) is 0. The second-order valence-electron chi connectivity index (χ2n) is 3.94. The summed E-state index contributed by atoms with van der Waals surface area (Å²) in [7, 11) is 5.59. The summed E-state index contributed by atoms with van der Waals surface area (Å²) in [4.78, 5) is 2.11. The lowest BCUT2D eigenvalue weighted by Crippen LogP contribution is -2.33. The molecule has 0 aromatic rings. The van der Waals surface area contributed by atoms with Crippen LogP contribution in [0.1, 0.15) is 6.42 Å². The Bertz CT molecular complexity index is 147. The first-order chi connectivity index (χ1) is 7.70. The highest BCUT2D eigenvalue weighted by Crippen LogP contribution is 1.92. The maximum absolute atomic E-state index is 9.65. The average Bonchev–Trinajstić information content (AvgIpc) is 2.25. The molecule has 0 saturated heterocycles. The SMILES string of the molecule is CNCCCN(C)CC(O)COCCOC. The Morgan fingerprint density at radius 1 is 1.38 bits per heavy atom. The molecule has 16 heavy (non-hydrogen) atoms. The molecule has 5 heteroatoms. The monoisotopic (exact) mass is 234 g/mol. The number of hydrogen-bond donors (Lipinski definition) is 2. The molecular weight excluding hydrogens is 208 g/mol. The fourth-order valence-electron chi connectivity index (χ4n) is 1.39. The number of nitrogens with one attached hydrogen (secondary N) is 1. The van der Waals surface area contributed by atoms with Gasteiger partial charge in [-0.25, -0.2) is 0 Å². The highest BCUT2D eigenvalue weighted by atomic mass is 16.5. The van der Waals surface area contributed by atoms with Crippen molar-refractivity contribution in [1.29, 1.82) is 0 Å². The molecule has 5 nitrogen and oxygen atoms in total. The van der Waals surface area contributed by atoms with E-state index in [4.69, 9.17) is 9.47 Å². The first-order valence-corrected chi connectivity index (χ1v) is 5.78. The molecule has 0 aliphatic rings. The van der Waals surface area contributed by atoms with Gasteiger partial charge in [0, 0.05) is 13.7 Å². The Kier molecular flexibility index (Phi) is 11.1. The lowest BCUT2D eigenvalue weighted by molar-refractivity contribution is 0.00234. The van der Waals surface area contributed by atoms with Gasteiger partial charge in [-0.1, -0.05) is 0 Å². The first-order valence-electron chi connectivity index (χ1n) is 5.78. The Labute approximate surface area is 98.7 Å². The number of aliphatic hydroxyl groups is 1. The summed E-state index contributed by atoms with van der Waals surface area (Å²) in [6, 6.07) is 0. The van der Waals surface area contributed by atoms with E-state index in [0.29, 0.717) is 26.4 Å². The van der Waals surface area contributed by atoms with E-state index in [9.17, 15) is 5.11 Å². The molecule has 0 saturated carbocycles. The smallest absolute Gasteiger partial charge is 0.0900 e. The second-order valence-corrected chi connectivity index (χ2v) is 3.94. The lowest BCUT2D eigenvalue weighted by atomic mass is 10.3. The van der Waals surface area contributed by atoms with E-state index in [2.05, 4.69) is 10.2 Å². The average molecular weight is 234 g/mol. The van der Waals surface area contributed by atoms with E-state index in [-0.39, 0.29) is 0 Å². The van der Waals surface area contributed by atoms with Gasteiger partial charge >= 0.3 is 0 Å². The van der Waals surface area contributed by atoms with E-state index in [1.807, 2.05) is 14.1 Å². The van der Waals surface area contributed by atoms with Crippen LogP contribution in [0.15, 0.2) is 0 Å². The third-order valence-electron chi connectivity index (χ3n) is 2.23. The van der Waals surface area contributed by atoms with E-state index in [1.54, 1.807) is 7.11 Å². The van der Waals surface area contributed by atoms with Gasteiger partial charge in [-0.05, 0) is 33.6 Å². The summed E-state index contributed by atoms with van der Waals surface area (Å²) in [5, 5.41) is 12.7. The number of likely N-dealkylation sites (N-methyl/N-ethyl adjacent to an activating group) is 1. The molecule has 0 aliphatic carbocycles. The lowest BCUT2D eigenvalue weighted by Gasteiger charge is -2.20. The summed E-state index contributed by atoms with van der Waals surface area (Å²) in [6.07, 6.45) is 0.668. The molecule has 0 spiro atoms. The van der Waals surface area contributed by atoms with Crippen molar-refractivity contribution < 1.29 is 14.6 Å². The molecule has 0 aliphatic heterocycles. The van der Waals surface area contributed by atoms with Crippen molar-refractivity contribution in [2.24, 2.45) is 0 Å². The number of hydrogen-bond acceptors (Lipinski definition) is 5. The molecule has 98 valence electrons. The minimum Gasteiger partial charge on any atom is -0.389 e. The molecule has 0 aromatic carbocycles. The van der Waals surface area contributed by atoms with Crippen molar-refractivity contribution in [2.45, 2.75) is 12.5 Å². The zero-order chi connectivity index (χ0) is 12.2. The molecule has 2 N–H and O–H groups in total. The minimum atomic E-state index is -0.420. The second kappa shape index (κ2) is 11.3. The topological polar surface area (TPSA) is 54.0 Å². The number of rotatable bonds is 11. The van der Waals surface area contributed by atoms with Gasteiger partial charge in [0.2, 0.25) is 0 Å². The summed E-state index contributed by atoms with van der Waals surface area (Å²) < 4.78 is 10.1. The van der Waals surface area contributed by atoms with Gasteiger partial charge in [0.15, 0.2) is 0 Å². The molecule has 0 bridgehead atoms. The van der Waals surface area contributed by atoms with Crippen LogP contribution in [0.25, 0.3) is 0 Å². The van der Waals surface area contributed by atoms with Gasteiger partial charge in [0.05, 0.1) is 25.9 Å². The van der Waals surface area contributed by atoms with Crippen molar-refractivity contribution in [1.82, 2.24) is 10.2 Å². The Balaban J connectivity index is 3.35. The molecule has 0 heterocycles. The summed E-state index contributed by atoms with van der Waals surface area (Å²) in [5.74, 6) is 0. The zero-order valence-electron chi connectivity index (χ0n) is 10.7. The first kappa shape index (κ1) is 15.8. The molecule has 1 atom stereocenters. The fraction of sp³-hybridized carbons (Fsp3) is 1.00. The largest absolute Gasteiger partial charge is 0.389 e. The van der Waals surface area contributed by atoms with Crippen LogP contribution in [0.2, 0.25) is 0 Å². The van der Waals surface area contributed by atoms with Gasteiger partial charge < -0.3 is 24.8 Å². The van der Waals surface area contributed by atoms with Crippen LogP contribution < -0.4 is 5.32 Å². The van der Waals surface area contributed by atoms with Crippen molar-refractivity contribution in [3.05, 3.63) is 0 Å². The van der Waals surface area contributed by atoms with E-state index < -0.39 is 6.10 Å². The molecule has 0 rings (SSSR count). The number of nitrogens with zero attached hydrogens (tertiary/aromatic N) is 1. The van der Waals surface area contributed by atoms with E-state index >= 15 is 0 Å². The predicted molar refractivity (Wildman–Crippen MR) is 64.7 cm³/mol. The van der Waals surface area contributed by atoms with Gasteiger partial charge in [-0.3, -0.25) is 0 Å². The number of ether oxygens (including phenoxy) is 2. The van der Waals surface area contributed by atoms with Crippen molar-refractivity contribution in [3.63, 3.8) is 0 Å². The number of methoxy groups -OCH3 is 1. The standard InChI is InChI=1S/C11H26N2O3/c1-12-5-4-6-13(2)9-11(14)10-16-8-7-15-3/h11-12,14H,4-10H2,1-3H3. The molecule has 0 aromatic heterocycles. The van der Waals surface area contributed by atoms with E-state index in [0.717, 1.165) is 19.5 Å². The van der Waals surface area contributed by atoms with Crippen LogP contribution in [0, 0.1) is 0 Å². The van der Waals surface area contributed by atoms with Gasteiger partial charge in [0.25, 0.3) is 0 Å². The highest BCUT2D eigenvalue weighted by molar-refractivity contribution is 4.61. The van der Waals surface area contributed by atoms with E-state index in [1.165, 1.54) is 0 Å². The van der Waals surface area contributed by atoms with Crippen LogP contribution in [-0.4, -0.2) is 76.8 Å². The predicted octanol–water partition coefficient (Wildman–Crippen LogP) is -0.448. The van der Waals surface area contributed by atoms with Crippen molar-refractivity contribution >= 4 is 0 Å². The van der Waals surface area contributed by atoms with Gasteiger partial charge in [-0.2, -0.15) is 0 Å². The van der Waals surface area contributed by atoms with Crippen LogP contribution in [0.5, 0.6) is 0 Å². The zero-order valence-corrected chi connectivity index (χ0v) is 10.7. The van der Waals surface area contributed by atoms with Gasteiger partial charge in [-0.15, -0.1) is 0 Å². The number of aliphatic hydroxyl groups excluding tert-OH is 1. The molecular formula is C11H26N2O3. The Hall–Kier alpha value is -0.200. The summed E-state index contributed by atoms with van der Waals surface area (Å²) in [6.45, 7) is 4.12. The van der Waals surface area contributed by atoms with Crippen LogP contribution >= 0.6 is 0 Å². The third-order valence-corrected chi connectivity index (χ3v) is 2.23. The third kappa shape index (κ3) is 10.3. The normalized spacial score (nSPS) is 13.3. The molecule has 0 amide bonds. The maximum atomic E-state index is 9.65. The van der Waals surface area contributed by atoms with Crippen molar-refractivity contribution in [2.75, 3.05) is 60.7 Å². The molecule has 1 unspecified atom stereocenters. The van der Waals surface area contributed by atoms with Crippen molar-refractivity contribution in [3.8, 4) is 0 Å². The molecule has 0 radical (unpaired) electrons. The molecule has 0 fully saturated rings. The van der Waals surface area contributed by atoms with Crippen LogP contribution in [0.3, 0.4) is 0 Å². The summed E-state index contributed by atoms with van der Waals surface area (Å²) >= 11 is 0. The maximum Gasteiger partial charge on any atom is 0.0900 e. The highest BCUT2D eigenvalue weighted by Gasteiger charge is 2.07. The van der Waals surface area contributed by atoms with Crippen LogP contribution in [-0.2, 0) is 9.47 Å². The van der Waals surface area contributed by atoms with Gasteiger partial charge in [0.1, 0.15) is 0 Å². The fourth-order valence-corrected chi connectivity index (χ4v) is 1.39.